The maximum absolute atomic E-state index is 13.1. The molecule has 9 heteroatoms. The van der Waals surface area contributed by atoms with Gasteiger partial charge in [-0.2, -0.15) is 0 Å². The van der Waals surface area contributed by atoms with Gasteiger partial charge in [0.2, 0.25) is 5.88 Å². The number of aromatic nitrogens is 4. The molecule has 32 heavy (non-hydrogen) atoms. The summed E-state index contributed by atoms with van der Waals surface area (Å²) in [6, 6.07) is 10.7. The van der Waals surface area contributed by atoms with Gasteiger partial charge < -0.3 is 15.4 Å². The van der Waals surface area contributed by atoms with E-state index in [-0.39, 0.29) is 5.91 Å². The molecule has 0 spiro atoms. The predicted octanol–water partition coefficient (Wildman–Crippen LogP) is 3.08. The fraction of sp³-hybridized carbons (Fsp3) is 0.174. The number of amides is 1. The van der Waals surface area contributed by atoms with E-state index in [9.17, 15) is 9.18 Å². The molecule has 0 aliphatic carbocycles. The van der Waals surface area contributed by atoms with Crippen molar-refractivity contribution in [1.82, 2.24) is 25.3 Å². The van der Waals surface area contributed by atoms with Crippen LogP contribution in [0, 0.1) is 11.7 Å². The molecule has 1 aliphatic heterocycles. The molecule has 0 saturated carbocycles. The molecule has 1 fully saturated rings. The van der Waals surface area contributed by atoms with Crippen LogP contribution in [0.2, 0.25) is 0 Å². The molecule has 0 bridgehead atoms. The van der Waals surface area contributed by atoms with E-state index in [0.29, 0.717) is 46.7 Å². The molecule has 0 radical (unpaired) electrons. The second-order valence-corrected chi connectivity index (χ2v) is 7.50. The summed E-state index contributed by atoms with van der Waals surface area (Å²) in [6.45, 7) is 2.50. The van der Waals surface area contributed by atoms with Crippen LogP contribution in [0.5, 0.6) is 5.88 Å². The summed E-state index contributed by atoms with van der Waals surface area (Å²) in [5.74, 6) is 0.507. The first-order valence-corrected chi connectivity index (χ1v) is 10.1. The summed E-state index contributed by atoms with van der Waals surface area (Å²) in [5.41, 5.74) is 2.19. The summed E-state index contributed by atoms with van der Waals surface area (Å²) in [6.07, 6.45) is 4.85. The second-order valence-electron chi connectivity index (χ2n) is 7.50. The van der Waals surface area contributed by atoms with Crippen molar-refractivity contribution in [2.75, 3.05) is 25.0 Å². The van der Waals surface area contributed by atoms with E-state index >= 15 is 0 Å². The van der Waals surface area contributed by atoms with Crippen LogP contribution < -0.4 is 15.4 Å². The lowest BCUT2D eigenvalue weighted by Crippen LogP contribution is -2.45. The van der Waals surface area contributed by atoms with E-state index in [0.717, 1.165) is 18.5 Å². The first kappa shape index (κ1) is 20.0. The Balaban J connectivity index is 1.36. The number of ether oxygens (including phenoxy) is 1. The lowest BCUT2D eigenvalue weighted by molar-refractivity contribution is 0.102. The molecular formula is C23H19FN6O2. The third-order valence-corrected chi connectivity index (χ3v) is 5.13. The predicted molar refractivity (Wildman–Crippen MR) is 117 cm³/mol. The van der Waals surface area contributed by atoms with Gasteiger partial charge >= 0.3 is 0 Å². The monoisotopic (exact) mass is 430 g/mol. The number of benzene rings is 1. The average Bonchev–Trinajstić information content (AvgIpc) is 2.78. The van der Waals surface area contributed by atoms with E-state index < -0.39 is 5.82 Å². The van der Waals surface area contributed by atoms with Gasteiger partial charge in [-0.25, -0.2) is 19.3 Å². The highest BCUT2D eigenvalue weighted by Crippen LogP contribution is 2.22. The minimum atomic E-state index is -0.403. The first-order valence-electron chi connectivity index (χ1n) is 10.1. The molecule has 3 aromatic heterocycles. The molecular weight excluding hydrogens is 411 g/mol. The van der Waals surface area contributed by atoms with E-state index in [1.54, 1.807) is 24.7 Å². The Kier molecular flexibility index (Phi) is 5.39. The van der Waals surface area contributed by atoms with Crippen molar-refractivity contribution in [2.45, 2.75) is 0 Å². The molecule has 2 N–H and O–H groups in total. The van der Waals surface area contributed by atoms with Crippen molar-refractivity contribution in [1.29, 1.82) is 0 Å². The number of carbonyl (C=O) groups is 1. The van der Waals surface area contributed by atoms with E-state index in [2.05, 4.69) is 30.6 Å². The minimum absolute atomic E-state index is 0.333. The summed E-state index contributed by atoms with van der Waals surface area (Å²) >= 11 is 0. The Bertz CT molecular complexity index is 1280. The number of nitrogens with zero attached hydrogens (tertiary/aromatic N) is 4. The molecule has 4 heterocycles. The number of halogens is 1. The van der Waals surface area contributed by atoms with Gasteiger partial charge in [-0.15, -0.1) is 0 Å². The van der Waals surface area contributed by atoms with Crippen molar-refractivity contribution < 1.29 is 13.9 Å². The van der Waals surface area contributed by atoms with Gasteiger partial charge in [-0.1, -0.05) is 0 Å². The van der Waals surface area contributed by atoms with Gasteiger partial charge in [-0.3, -0.25) is 9.78 Å². The van der Waals surface area contributed by atoms with Crippen LogP contribution in [-0.4, -0.2) is 45.5 Å². The van der Waals surface area contributed by atoms with E-state index in [4.69, 9.17) is 4.74 Å². The number of anilines is 1. The molecule has 0 unspecified atom stereocenters. The number of rotatable bonds is 6. The summed E-state index contributed by atoms with van der Waals surface area (Å²) in [5, 5.41) is 6.73. The van der Waals surface area contributed by atoms with Gasteiger partial charge in [0, 0.05) is 42.2 Å². The largest absolute Gasteiger partial charge is 0.476 e. The molecule has 1 aromatic carbocycles. The van der Waals surface area contributed by atoms with Crippen LogP contribution in [0.4, 0.5) is 10.2 Å². The van der Waals surface area contributed by atoms with Gasteiger partial charge in [0.1, 0.15) is 17.3 Å². The van der Waals surface area contributed by atoms with Crippen molar-refractivity contribution in [3.8, 4) is 17.3 Å². The third-order valence-electron chi connectivity index (χ3n) is 5.13. The van der Waals surface area contributed by atoms with E-state index in [1.165, 1.54) is 24.3 Å². The normalized spacial score (nSPS) is 13.5. The summed E-state index contributed by atoms with van der Waals surface area (Å²) in [4.78, 5) is 30.0. The number of carbonyl (C=O) groups excluding carboxylic acids is 1. The van der Waals surface area contributed by atoms with Gasteiger partial charge in [-0.05, 0) is 36.4 Å². The van der Waals surface area contributed by atoms with Crippen molar-refractivity contribution in [2.24, 2.45) is 5.92 Å². The molecule has 0 atom stereocenters. The molecule has 1 amide bonds. The highest BCUT2D eigenvalue weighted by atomic mass is 19.1. The molecule has 160 valence electrons. The Labute approximate surface area is 182 Å². The molecule has 1 aliphatic rings. The van der Waals surface area contributed by atoms with Gasteiger partial charge in [0.15, 0.2) is 0 Å². The molecule has 4 aromatic rings. The highest BCUT2D eigenvalue weighted by Gasteiger charge is 2.17. The standard InChI is InChI=1S/C23H19FN6O2/c24-17-4-1-15(2-5-17)23(31)30-21-7-19-16(10-27-21)3-6-18(28-19)20-11-26-12-22(29-20)32-13-14-8-25-9-14/h1-7,10-12,14,25H,8-9,13H2,(H,27,30,31). The minimum Gasteiger partial charge on any atom is -0.476 e. The van der Waals surface area contributed by atoms with Crippen molar-refractivity contribution >= 4 is 22.6 Å². The number of hydrogen-bond donors (Lipinski definition) is 2. The second kappa shape index (κ2) is 8.64. The first-order chi connectivity index (χ1) is 15.6. The lowest BCUT2D eigenvalue weighted by atomic mass is 10.1. The van der Waals surface area contributed by atoms with E-state index in [1.807, 2.05) is 12.1 Å². The zero-order valence-electron chi connectivity index (χ0n) is 17.0. The zero-order valence-corrected chi connectivity index (χ0v) is 17.0. The Morgan fingerprint density at radius 1 is 1.06 bits per heavy atom. The maximum Gasteiger partial charge on any atom is 0.256 e. The van der Waals surface area contributed by atoms with Crippen LogP contribution in [0.3, 0.4) is 0 Å². The Morgan fingerprint density at radius 2 is 1.91 bits per heavy atom. The van der Waals surface area contributed by atoms with Crippen LogP contribution in [0.1, 0.15) is 10.4 Å². The number of hydrogen-bond acceptors (Lipinski definition) is 7. The third kappa shape index (κ3) is 4.37. The maximum atomic E-state index is 13.1. The molecule has 1 saturated heterocycles. The fourth-order valence-electron chi connectivity index (χ4n) is 3.23. The molecule has 5 rings (SSSR count). The number of pyridine rings is 2. The SMILES string of the molecule is O=C(Nc1cc2nc(-c3cncc(OCC4CNC4)n3)ccc2cn1)c1ccc(F)cc1. The smallest absolute Gasteiger partial charge is 0.256 e. The van der Waals surface area contributed by atoms with Gasteiger partial charge in [0.05, 0.1) is 30.2 Å². The van der Waals surface area contributed by atoms with Crippen LogP contribution >= 0.6 is 0 Å². The average molecular weight is 430 g/mol. The topological polar surface area (TPSA) is 102 Å². The quantitative estimate of drug-likeness (QED) is 0.485. The fourth-order valence-corrected chi connectivity index (χ4v) is 3.23. The summed E-state index contributed by atoms with van der Waals surface area (Å²) in [7, 11) is 0. The number of fused-ring (bicyclic) bond motifs is 1. The molecule has 8 nitrogen and oxygen atoms in total. The number of nitrogens with one attached hydrogen (secondary N) is 2. The van der Waals surface area contributed by atoms with Crippen LogP contribution in [0.25, 0.3) is 22.3 Å². The lowest BCUT2D eigenvalue weighted by Gasteiger charge is -2.26. The Morgan fingerprint density at radius 3 is 2.69 bits per heavy atom. The zero-order chi connectivity index (χ0) is 21.9. The summed E-state index contributed by atoms with van der Waals surface area (Å²) < 4.78 is 18.8. The highest BCUT2D eigenvalue weighted by molar-refractivity contribution is 6.04. The van der Waals surface area contributed by atoms with Crippen molar-refractivity contribution in [3.05, 3.63) is 72.4 Å². The van der Waals surface area contributed by atoms with Crippen molar-refractivity contribution in [3.63, 3.8) is 0 Å². The van der Waals surface area contributed by atoms with Gasteiger partial charge in [0.25, 0.3) is 5.91 Å². The Hall–Kier alpha value is -3.98. The van der Waals surface area contributed by atoms with Crippen LogP contribution in [0.15, 0.2) is 61.1 Å². The van der Waals surface area contributed by atoms with Crippen LogP contribution in [-0.2, 0) is 0 Å².